The maximum atomic E-state index is 5.75. The molecule has 0 saturated heterocycles. The minimum atomic E-state index is 0.184. The average molecular weight is 351 g/mol. The highest BCUT2D eigenvalue weighted by Gasteiger charge is 2.17. The van der Waals surface area contributed by atoms with Crippen molar-refractivity contribution in [1.29, 1.82) is 0 Å². The summed E-state index contributed by atoms with van der Waals surface area (Å²) in [4.78, 5) is 0. The summed E-state index contributed by atoms with van der Waals surface area (Å²) in [6.07, 6.45) is 2.67. The third kappa shape index (κ3) is 3.93. The molecular formula is C16H23BrN4. The van der Waals surface area contributed by atoms with Gasteiger partial charge in [0.2, 0.25) is 0 Å². The smallest absolute Gasteiger partial charge is 0.0766 e. The molecule has 0 radical (unpaired) electrons. The van der Waals surface area contributed by atoms with Crippen LogP contribution in [0.5, 0.6) is 0 Å². The highest BCUT2D eigenvalue weighted by Crippen LogP contribution is 2.23. The molecular weight excluding hydrogens is 328 g/mol. The van der Waals surface area contributed by atoms with Gasteiger partial charge in [-0.05, 0) is 41.3 Å². The number of nitrogens with one attached hydrogen (secondary N) is 1. The molecule has 5 heteroatoms. The van der Waals surface area contributed by atoms with Gasteiger partial charge in [0.05, 0.1) is 15.9 Å². The van der Waals surface area contributed by atoms with Crippen LogP contribution in [-0.2, 0) is 26.3 Å². The molecule has 3 N–H and O–H groups in total. The van der Waals surface area contributed by atoms with E-state index >= 15 is 0 Å². The minimum Gasteiger partial charge on any atom is -0.271 e. The van der Waals surface area contributed by atoms with Gasteiger partial charge in [0, 0.05) is 19.5 Å². The van der Waals surface area contributed by atoms with Crippen molar-refractivity contribution in [2.24, 2.45) is 12.9 Å². The Morgan fingerprint density at radius 3 is 2.71 bits per heavy atom. The first-order valence-electron chi connectivity index (χ1n) is 7.27. The maximum absolute atomic E-state index is 5.75. The Labute approximate surface area is 134 Å². The van der Waals surface area contributed by atoms with Gasteiger partial charge in [-0.2, -0.15) is 5.10 Å². The molecule has 0 fully saturated rings. The van der Waals surface area contributed by atoms with Crippen molar-refractivity contribution >= 4 is 15.9 Å². The van der Waals surface area contributed by atoms with Crippen LogP contribution < -0.4 is 11.3 Å². The van der Waals surface area contributed by atoms with E-state index in [2.05, 4.69) is 64.6 Å². The van der Waals surface area contributed by atoms with E-state index in [4.69, 9.17) is 5.84 Å². The van der Waals surface area contributed by atoms with E-state index in [9.17, 15) is 0 Å². The summed E-state index contributed by atoms with van der Waals surface area (Å²) < 4.78 is 3.06. The predicted molar refractivity (Wildman–Crippen MR) is 90.0 cm³/mol. The van der Waals surface area contributed by atoms with Crippen LogP contribution in [0.1, 0.15) is 29.4 Å². The van der Waals surface area contributed by atoms with Gasteiger partial charge in [-0.1, -0.05) is 36.8 Å². The van der Waals surface area contributed by atoms with Gasteiger partial charge >= 0.3 is 0 Å². The summed E-state index contributed by atoms with van der Waals surface area (Å²) in [6, 6.07) is 8.74. The fourth-order valence-electron chi connectivity index (χ4n) is 2.59. The van der Waals surface area contributed by atoms with Crippen molar-refractivity contribution < 1.29 is 0 Å². The van der Waals surface area contributed by atoms with E-state index in [1.807, 2.05) is 11.7 Å². The number of hydrogen-bond acceptors (Lipinski definition) is 3. The fourth-order valence-corrected chi connectivity index (χ4v) is 3.37. The number of aryl methyl sites for hydroxylation is 3. The Morgan fingerprint density at radius 2 is 2.14 bits per heavy atom. The highest BCUT2D eigenvalue weighted by molar-refractivity contribution is 9.10. The fraction of sp³-hybridized carbons (Fsp3) is 0.438. The lowest BCUT2D eigenvalue weighted by atomic mass is 10.0. The molecule has 0 saturated carbocycles. The van der Waals surface area contributed by atoms with Crippen LogP contribution in [0.4, 0.5) is 0 Å². The number of rotatable bonds is 6. The lowest BCUT2D eigenvalue weighted by Gasteiger charge is -2.16. The molecule has 1 aromatic heterocycles. The Kier molecular flexibility index (Phi) is 5.56. The first-order valence-corrected chi connectivity index (χ1v) is 8.06. The Bertz CT molecular complexity index is 606. The van der Waals surface area contributed by atoms with Crippen LogP contribution in [0, 0.1) is 6.92 Å². The third-order valence-electron chi connectivity index (χ3n) is 3.74. The molecule has 0 bridgehead atoms. The number of aromatic nitrogens is 2. The molecule has 0 aliphatic rings. The summed E-state index contributed by atoms with van der Waals surface area (Å²) in [6.45, 7) is 4.22. The van der Waals surface area contributed by atoms with Crippen LogP contribution in [0.15, 0.2) is 28.7 Å². The van der Waals surface area contributed by atoms with Gasteiger partial charge in [0.25, 0.3) is 0 Å². The van der Waals surface area contributed by atoms with Crippen LogP contribution in [0.3, 0.4) is 0 Å². The minimum absolute atomic E-state index is 0.184. The zero-order valence-corrected chi connectivity index (χ0v) is 14.4. The molecule has 114 valence electrons. The molecule has 1 aromatic carbocycles. The van der Waals surface area contributed by atoms with Crippen molar-refractivity contribution in [1.82, 2.24) is 15.2 Å². The molecule has 1 unspecified atom stereocenters. The molecule has 0 aliphatic carbocycles. The van der Waals surface area contributed by atoms with E-state index in [0.717, 1.165) is 29.4 Å². The van der Waals surface area contributed by atoms with Crippen molar-refractivity contribution in [3.05, 3.63) is 51.3 Å². The zero-order valence-electron chi connectivity index (χ0n) is 12.9. The summed E-state index contributed by atoms with van der Waals surface area (Å²) in [7, 11) is 1.99. The average Bonchev–Trinajstić information content (AvgIpc) is 2.73. The molecule has 0 amide bonds. The van der Waals surface area contributed by atoms with Gasteiger partial charge in [-0.15, -0.1) is 0 Å². The first-order chi connectivity index (χ1) is 10.0. The normalized spacial score (nSPS) is 12.6. The zero-order chi connectivity index (χ0) is 15.4. The van der Waals surface area contributed by atoms with Crippen molar-refractivity contribution in [3.8, 4) is 0 Å². The van der Waals surface area contributed by atoms with E-state index in [1.54, 1.807) is 0 Å². The lowest BCUT2D eigenvalue weighted by Crippen LogP contribution is -2.39. The topological polar surface area (TPSA) is 55.9 Å². The number of hydrogen-bond donors (Lipinski definition) is 2. The van der Waals surface area contributed by atoms with Crippen molar-refractivity contribution in [3.63, 3.8) is 0 Å². The molecule has 1 atom stereocenters. The monoisotopic (exact) mass is 350 g/mol. The molecule has 0 spiro atoms. The van der Waals surface area contributed by atoms with Gasteiger partial charge in [-0.25, -0.2) is 0 Å². The molecule has 2 aromatic rings. The number of hydrazine groups is 1. The third-order valence-corrected chi connectivity index (χ3v) is 4.66. The Morgan fingerprint density at radius 1 is 1.38 bits per heavy atom. The van der Waals surface area contributed by atoms with Gasteiger partial charge in [-0.3, -0.25) is 16.0 Å². The second-order valence-electron chi connectivity index (χ2n) is 5.45. The number of nitrogens with two attached hydrogens (primary N) is 1. The molecule has 2 rings (SSSR count). The van der Waals surface area contributed by atoms with Crippen LogP contribution >= 0.6 is 15.9 Å². The van der Waals surface area contributed by atoms with Crippen LogP contribution in [0.25, 0.3) is 0 Å². The van der Waals surface area contributed by atoms with E-state index < -0.39 is 0 Å². The van der Waals surface area contributed by atoms with Gasteiger partial charge in [0.1, 0.15) is 0 Å². The quantitative estimate of drug-likeness (QED) is 0.622. The summed E-state index contributed by atoms with van der Waals surface area (Å²) >= 11 is 3.67. The van der Waals surface area contributed by atoms with Crippen molar-refractivity contribution in [2.75, 3.05) is 0 Å². The number of nitrogens with zero attached hydrogens (tertiary/aromatic N) is 2. The molecule has 21 heavy (non-hydrogen) atoms. The summed E-state index contributed by atoms with van der Waals surface area (Å²) in [5.74, 6) is 5.75. The van der Waals surface area contributed by atoms with Crippen LogP contribution in [-0.4, -0.2) is 15.8 Å². The summed E-state index contributed by atoms with van der Waals surface area (Å²) in [5, 5.41) is 4.54. The second-order valence-corrected chi connectivity index (χ2v) is 6.24. The predicted octanol–water partition coefficient (Wildman–Crippen LogP) is 2.67. The van der Waals surface area contributed by atoms with Gasteiger partial charge < -0.3 is 0 Å². The number of halogens is 1. The highest BCUT2D eigenvalue weighted by atomic mass is 79.9. The maximum Gasteiger partial charge on any atom is 0.0766 e. The standard InChI is InChI=1S/C16H23BrN4/c1-4-14-16(17)15(21(3)20-14)10-13(19-18)9-12-7-5-6-11(2)8-12/h5-8,13,19H,4,9-10,18H2,1-3H3. The first kappa shape index (κ1) is 16.2. The second kappa shape index (κ2) is 7.20. The van der Waals surface area contributed by atoms with E-state index in [1.165, 1.54) is 16.8 Å². The van der Waals surface area contributed by atoms with E-state index in [-0.39, 0.29) is 6.04 Å². The Hall–Kier alpha value is -1.17. The Balaban J connectivity index is 2.14. The van der Waals surface area contributed by atoms with Crippen LogP contribution in [0.2, 0.25) is 0 Å². The molecule has 0 aliphatic heterocycles. The number of benzene rings is 1. The SMILES string of the molecule is CCc1nn(C)c(CC(Cc2cccc(C)c2)NN)c1Br. The summed E-state index contributed by atoms with van der Waals surface area (Å²) in [5.41, 5.74) is 7.79. The van der Waals surface area contributed by atoms with Crippen molar-refractivity contribution in [2.45, 2.75) is 39.2 Å². The largest absolute Gasteiger partial charge is 0.271 e. The molecule has 1 heterocycles. The van der Waals surface area contributed by atoms with E-state index in [0.29, 0.717) is 0 Å². The van der Waals surface area contributed by atoms with Gasteiger partial charge in [0.15, 0.2) is 0 Å². The lowest BCUT2D eigenvalue weighted by molar-refractivity contribution is 0.504. The molecule has 4 nitrogen and oxygen atoms in total.